The highest BCUT2D eigenvalue weighted by atomic mass is 16.5. The number of hydrogen-bond acceptors (Lipinski definition) is 4. The first-order valence-electron chi connectivity index (χ1n) is 11.1. The van der Waals surface area contributed by atoms with Crippen LogP contribution in [0.4, 0.5) is 5.69 Å². The molecule has 0 bridgehead atoms. The summed E-state index contributed by atoms with van der Waals surface area (Å²) in [4.78, 5) is 14.9. The number of ether oxygens (including phenoxy) is 2. The minimum atomic E-state index is -0.622. The van der Waals surface area contributed by atoms with E-state index in [4.69, 9.17) is 9.47 Å². The number of nitrogens with one attached hydrogen (secondary N) is 1. The van der Waals surface area contributed by atoms with Gasteiger partial charge in [0.15, 0.2) is 11.5 Å². The monoisotopic (exact) mass is 420 g/mol. The van der Waals surface area contributed by atoms with Crippen molar-refractivity contribution in [3.63, 3.8) is 0 Å². The molecule has 0 aliphatic carbocycles. The molecule has 1 N–H and O–H groups in total. The molecular weight excluding hydrogens is 388 g/mol. The lowest BCUT2D eigenvalue weighted by molar-refractivity contribution is -0.124. The van der Waals surface area contributed by atoms with Crippen molar-refractivity contribution >= 4 is 17.7 Å². The van der Waals surface area contributed by atoms with Crippen LogP contribution in [0, 0.1) is 6.92 Å². The summed E-state index contributed by atoms with van der Waals surface area (Å²) in [6.45, 7) is 12.3. The Bertz CT molecular complexity index is 1030. The summed E-state index contributed by atoms with van der Waals surface area (Å²) in [5.41, 5.74) is 3.77. The Kier molecular flexibility index (Phi) is 5.46. The molecule has 2 heterocycles. The van der Waals surface area contributed by atoms with Crippen LogP contribution in [0.15, 0.2) is 42.5 Å². The van der Waals surface area contributed by atoms with Gasteiger partial charge in [-0.3, -0.25) is 4.79 Å². The van der Waals surface area contributed by atoms with Gasteiger partial charge < -0.3 is 19.7 Å². The quantitative estimate of drug-likeness (QED) is 0.728. The Labute approximate surface area is 185 Å². The van der Waals surface area contributed by atoms with E-state index >= 15 is 0 Å². The van der Waals surface area contributed by atoms with Crippen molar-refractivity contribution < 1.29 is 14.3 Å². The van der Waals surface area contributed by atoms with Crippen molar-refractivity contribution in [3.8, 4) is 11.5 Å². The Balaban J connectivity index is 1.77. The van der Waals surface area contributed by atoms with Crippen LogP contribution in [0.2, 0.25) is 0 Å². The third-order valence-electron chi connectivity index (χ3n) is 6.47. The van der Waals surface area contributed by atoms with E-state index in [1.165, 1.54) is 16.8 Å². The third-order valence-corrected chi connectivity index (χ3v) is 6.47. The van der Waals surface area contributed by atoms with Crippen LogP contribution in [0.25, 0.3) is 6.08 Å². The van der Waals surface area contributed by atoms with Crippen molar-refractivity contribution in [2.75, 3.05) is 24.7 Å². The van der Waals surface area contributed by atoms with Gasteiger partial charge in [-0.2, -0.15) is 0 Å². The van der Waals surface area contributed by atoms with E-state index in [0.29, 0.717) is 26.2 Å². The minimum absolute atomic E-state index is 0.0835. The molecule has 5 nitrogen and oxygen atoms in total. The molecular formula is C26H32N2O3. The van der Waals surface area contributed by atoms with Crippen molar-refractivity contribution in [1.82, 2.24) is 5.32 Å². The first-order chi connectivity index (χ1) is 14.8. The average molecular weight is 421 g/mol. The summed E-state index contributed by atoms with van der Waals surface area (Å²) in [5.74, 6) is 1.56. The van der Waals surface area contributed by atoms with Crippen LogP contribution in [0.3, 0.4) is 0 Å². The van der Waals surface area contributed by atoms with E-state index in [2.05, 4.69) is 61.3 Å². The number of aryl methyl sites for hydroxylation is 1. The fourth-order valence-corrected chi connectivity index (χ4v) is 4.86. The van der Waals surface area contributed by atoms with E-state index in [1.807, 2.05) is 32.0 Å². The summed E-state index contributed by atoms with van der Waals surface area (Å²) >= 11 is 0. The maximum absolute atomic E-state index is 12.6. The molecule has 1 atom stereocenters. The lowest BCUT2D eigenvalue weighted by Gasteiger charge is -2.49. The molecule has 0 unspecified atom stereocenters. The van der Waals surface area contributed by atoms with Crippen molar-refractivity contribution in [1.29, 1.82) is 0 Å². The molecule has 2 aromatic rings. The van der Waals surface area contributed by atoms with Crippen molar-refractivity contribution in [2.45, 2.75) is 52.1 Å². The Morgan fingerprint density at radius 3 is 2.55 bits per heavy atom. The number of anilines is 1. The zero-order valence-corrected chi connectivity index (χ0v) is 19.1. The average Bonchev–Trinajstić information content (AvgIpc) is 2.92. The van der Waals surface area contributed by atoms with Gasteiger partial charge in [-0.25, -0.2) is 0 Å². The number of hydrogen-bond donors (Lipinski definition) is 1. The fraction of sp³-hybridized carbons (Fsp3) is 0.423. The number of rotatable bonds is 6. The molecule has 2 aromatic carbocycles. The molecule has 164 valence electrons. The van der Waals surface area contributed by atoms with Gasteiger partial charge >= 0.3 is 0 Å². The summed E-state index contributed by atoms with van der Waals surface area (Å²) in [5, 5.41) is 3.33. The first-order valence-corrected chi connectivity index (χ1v) is 11.1. The molecule has 1 amide bonds. The van der Waals surface area contributed by atoms with Gasteiger partial charge in [0.1, 0.15) is 5.66 Å². The van der Waals surface area contributed by atoms with E-state index in [-0.39, 0.29) is 11.3 Å². The standard InChI is InChI=1S/C26H32N2O3/c1-6-30-22-11-9-19(17-23(22)31-7-2)12-14-26-25(4,5)20-16-18(3)8-10-21(20)28(26)15-13-24(29)27-26/h8-12,14,16-17H,6-7,13,15H2,1-5H3,(H,27,29)/t26-/m1/s1. The molecule has 5 heteroatoms. The molecule has 0 saturated carbocycles. The molecule has 0 spiro atoms. The Hall–Kier alpha value is -2.95. The Morgan fingerprint density at radius 2 is 1.81 bits per heavy atom. The van der Waals surface area contributed by atoms with Gasteiger partial charge in [0.25, 0.3) is 0 Å². The smallest absolute Gasteiger partial charge is 0.223 e. The molecule has 31 heavy (non-hydrogen) atoms. The fourth-order valence-electron chi connectivity index (χ4n) is 4.86. The maximum Gasteiger partial charge on any atom is 0.223 e. The largest absolute Gasteiger partial charge is 0.490 e. The van der Waals surface area contributed by atoms with Gasteiger partial charge in [0.05, 0.1) is 13.2 Å². The molecule has 1 fully saturated rings. The van der Waals surface area contributed by atoms with Crippen LogP contribution in [0.5, 0.6) is 11.5 Å². The first kappa shape index (κ1) is 21.3. The highest BCUT2D eigenvalue weighted by molar-refractivity contribution is 5.84. The second-order valence-corrected chi connectivity index (χ2v) is 8.77. The number of carbonyl (C=O) groups is 1. The van der Waals surface area contributed by atoms with Gasteiger partial charge in [0.2, 0.25) is 5.91 Å². The van der Waals surface area contributed by atoms with Crippen molar-refractivity contribution in [2.24, 2.45) is 0 Å². The molecule has 2 aliphatic heterocycles. The second-order valence-electron chi connectivity index (χ2n) is 8.77. The Morgan fingerprint density at radius 1 is 1.06 bits per heavy atom. The SMILES string of the molecule is CCOc1ccc(C=C[C@@]23NC(=O)CCN2c2ccc(C)cc2C3(C)C)cc1OCC. The molecule has 2 aliphatic rings. The zero-order valence-electron chi connectivity index (χ0n) is 19.1. The van der Waals surface area contributed by atoms with Gasteiger partial charge in [-0.05, 0) is 56.2 Å². The minimum Gasteiger partial charge on any atom is -0.490 e. The van der Waals surface area contributed by atoms with E-state index in [0.717, 1.165) is 17.1 Å². The van der Waals surface area contributed by atoms with Crippen LogP contribution in [-0.4, -0.2) is 31.3 Å². The normalized spacial score (nSPS) is 21.6. The zero-order chi connectivity index (χ0) is 22.2. The lowest BCUT2D eigenvalue weighted by atomic mass is 9.74. The number of carbonyl (C=O) groups excluding carboxylic acids is 1. The predicted octanol–water partition coefficient (Wildman–Crippen LogP) is 4.82. The second kappa shape index (κ2) is 7.95. The lowest BCUT2D eigenvalue weighted by Crippen LogP contribution is -2.68. The molecule has 0 radical (unpaired) electrons. The van der Waals surface area contributed by atoms with Crippen LogP contribution >= 0.6 is 0 Å². The van der Waals surface area contributed by atoms with E-state index in [1.54, 1.807) is 0 Å². The number of benzene rings is 2. The number of nitrogens with zero attached hydrogens (tertiary/aromatic N) is 1. The van der Waals surface area contributed by atoms with E-state index < -0.39 is 5.66 Å². The number of fused-ring (bicyclic) bond motifs is 3. The molecule has 0 aromatic heterocycles. The van der Waals surface area contributed by atoms with E-state index in [9.17, 15) is 4.79 Å². The molecule has 4 rings (SSSR count). The highest BCUT2D eigenvalue weighted by Gasteiger charge is 2.57. The van der Waals surface area contributed by atoms with Crippen molar-refractivity contribution in [3.05, 3.63) is 59.2 Å². The predicted molar refractivity (Wildman–Crippen MR) is 125 cm³/mol. The summed E-state index contributed by atoms with van der Waals surface area (Å²) in [6, 6.07) is 12.5. The van der Waals surface area contributed by atoms with Gasteiger partial charge in [-0.15, -0.1) is 0 Å². The van der Waals surface area contributed by atoms with Crippen LogP contribution in [-0.2, 0) is 10.2 Å². The maximum atomic E-state index is 12.6. The van der Waals surface area contributed by atoms with Gasteiger partial charge in [-0.1, -0.05) is 43.7 Å². The topological polar surface area (TPSA) is 50.8 Å². The number of amides is 1. The third kappa shape index (κ3) is 3.46. The molecule has 1 saturated heterocycles. The van der Waals surface area contributed by atoms with Gasteiger partial charge in [0, 0.05) is 24.1 Å². The summed E-state index contributed by atoms with van der Waals surface area (Å²) < 4.78 is 11.5. The summed E-state index contributed by atoms with van der Waals surface area (Å²) in [6.07, 6.45) is 4.72. The summed E-state index contributed by atoms with van der Waals surface area (Å²) in [7, 11) is 0. The van der Waals surface area contributed by atoms with Crippen LogP contribution < -0.4 is 19.7 Å². The van der Waals surface area contributed by atoms with Crippen LogP contribution in [0.1, 0.15) is 50.8 Å². The highest BCUT2D eigenvalue weighted by Crippen LogP contribution is 2.52.